The predicted molar refractivity (Wildman–Crippen MR) is 71.3 cm³/mol. The smallest absolute Gasteiger partial charge is 0.407 e. The maximum absolute atomic E-state index is 13.1. The van der Waals surface area contributed by atoms with Crippen LogP contribution in [0.3, 0.4) is 0 Å². The molecule has 0 radical (unpaired) electrons. The van der Waals surface area contributed by atoms with Gasteiger partial charge in [0, 0.05) is 5.41 Å². The topological polar surface area (TPSA) is 81.5 Å². The first-order valence-corrected chi connectivity index (χ1v) is 5.68. The molecule has 0 aromatic heterocycles. The number of hydrogen-bond donors (Lipinski definition) is 1. The number of carbonyl (C=O) groups excluding carboxylic acids is 1. The number of nitro groups is 1. The number of rotatable bonds is 2. The molecule has 1 fully saturated rings. The largest absolute Gasteiger partial charge is 0.449 e. The number of halogens is 2. The van der Waals surface area contributed by atoms with Crippen LogP contribution in [0.5, 0.6) is 0 Å². The molecule has 1 aromatic rings. The van der Waals surface area contributed by atoms with Gasteiger partial charge < -0.3 is 10.1 Å². The highest BCUT2D eigenvalue weighted by molar-refractivity contribution is 5.85. The molecule has 0 saturated carbocycles. The molecule has 8 heteroatoms. The van der Waals surface area contributed by atoms with E-state index in [-0.39, 0.29) is 30.3 Å². The second-order valence-electron chi connectivity index (χ2n) is 5.10. The normalized spacial score (nSPS) is 20.4. The van der Waals surface area contributed by atoms with Gasteiger partial charge in [0.2, 0.25) is 0 Å². The highest BCUT2D eigenvalue weighted by Gasteiger charge is 2.41. The van der Waals surface area contributed by atoms with Gasteiger partial charge in [0.1, 0.15) is 12.4 Å². The fraction of sp³-hybridized carbons (Fsp3) is 0.417. The number of cyclic esters (lactones) is 1. The zero-order chi connectivity index (χ0) is 14.2. The summed E-state index contributed by atoms with van der Waals surface area (Å²) >= 11 is 0. The minimum Gasteiger partial charge on any atom is -0.449 e. The molecular formula is C12H14ClFN2O4. The molecule has 1 amide bonds. The SMILES string of the molecule is CC1(C)COC(=O)N[C@@H]1c1ccc(F)cc1[N+](=O)[O-].Cl. The highest BCUT2D eigenvalue weighted by Crippen LogP contribution is 2.40. The average Bonchev–Trinajstić information content (AvgIpc) is 2.32. The number of hydrogen-bond acceptors (Lipinski definition) is 4. The van der Waals surface area contributed by atoms with Gasteiger partial charge in [-0.05, 0) is 12.1 Å². The van der Waals surface area contributed by atoms with Crippen molar-refractivity contribution in [2.75, 3.05) is 6.61 Å². The number of carbonyl (C=O) groups is 1. The number of nitrogens with one attached hydrogen (secondary N) is 1. The first-order valence-electron chi connectivity index (χ1n) is 5.68. The van der Waals surface area contributed by atoms with Gasteiger partial charge >= 0.3 is 6.09 Å². The Morgan fingerprint density at radius 3 is 2.75 bits per heavy atom. The van der Waals surface area contributed by atoms with E-state index in [1.807, 2.05) is 13.8 Å². The molecule has 1 heterocycles. The number of amides is 1. The molecule has 0 unspecified atom stereocenters. The summed E-state index contributed by atoms with van der Waals surface area (Å²) in [6, 6.07) is 2.72. The monoisotopic (exact) mass is 304 g/mol. The van der Waals surface area contributed by atoms with E-state index in [9.17, 15) is 19.3 Å². The van der Waals surface area contributed by atoms with Crippen molar-refractivity contribution < 1.29 is 18.8 Å². The van der Waals surface area contributed by atoms with E-state index in [4.69, 9.17) is 4.74 Å². The maximum Gasteiger partial charge on any atom is 0.407 e. The third kappa shape index (κ3) is 2.98. The molecule has 1 saturated heterocycles. The molecule has 0 spiro atoms. The Kier molecular flexibility index (Phi) is 4.54. The Labute approximate surface area is 120 Å². The van der Waals surface area contributed by atoms with Crippen LogP contribution in [0.25, 0.3) is 0 Å². The number of alkyl carbamates (subject to hydrolysis) is 1. The predicted octanol–water partition coefficient (Wildman–Crippen LogP) is 2.96. The van der Waals surface area contributed by atoms with E-state index in [1.165, 1.54) is 6.07 Å². The van der Waals surface area contributed by atoms with E-state index >= 15 is 0 Å². The zero-order valence-electron chi connectivity index (χ0n) is 10.9. The molecule has 0 aliphatic carbocycles. The Bertz CT molecular complexity index is 550. The molecule has 1 aromatic carbocycles. The maximum atomic E-state index is 13.1. The molecule has 1 aliphatic rings. The van der Waals surface area contributed by atoms with E-state index in [1.54, 1.807) is 0 Å². The van der Waals surface area contributed by atoms with Gasteiger partial charge in [-0.2, -0.15) is 0 Å². The third-order valence-corrected chi connectivity index (χ3v) is 3.12. The van der Waals surface area contributed by atoms with Gasteiger partial charge in [0.25, 0.3) is 5.69 Å². The summed E-state index contributed by atoms with van der Waals surface area (Å²) in [6.45, 7) is 3.76. The van der Waals surface area contributed by atoms with Crippen LogP contribution in [0, 0.1) is 21.3 Å². The lowest BCUT2D eigenvalue weighted by Crippen LogP contribution is -2.47. The highest BCUT2D eigenvalue weighted by atomic mass is 35.5. The summed E-state index contributed by atoms with van der Waals surface area (Å²) in [6.07, 6.45) is -0.636. The van der Waals surface area contributed by atoms with Gasteiger partial charge in [-0.25, -0.2) is 9.18 Å². The number of ether oxygens (including phenoxy) is 1. The molecule has 1 N–H and O–H groups in total. The van der Waals surface area contributed by atoms with E-state index in [2.05, 4.69) is 5.32 Å². The zero-order valence-corrected chi connectivity index (χ0v) is 11.7. The van der Waals surface area contributed by atoms with Crippen LogP contribution in [0.2, 0.25) is 0 Å². The van der Waals surface area contributed by atoms with Crippen LogP contribution in [0.4, 0.5) is 14.9 Å². The van der Waals surface area contributed by atoms with Crippen molar-refractivity contribution in [2.24, 2.45) is 5.41 Å². The Hall–Kier alpha value is -1.89. The van der Waals surface area contributed by atoms with Gasteiger partial charge in [-0.15, -0.1) is 12.4 Å². The van der Waals surface area contributed by atoms with E-state index in [0.717, 1.165) is 12.1 Å². The fourth-order valence-electron chi connectivity index (χ4n) is 2.11. The van der Waals surface area contributed by atoms with Gasteiger partial charge in [0.15, 0.2) is 0 Å². The summed E-state index contributed by atoms with van der Waals surface area (Å²) in [7, 11) is 0. The molecule has 6 nitrogen and oxygen atoms in total. The Balaban J connectivity index is 0.00000200. The summed E-state index contributed by atoms with van der Waals surface area (Å²) in [5, 5.41) is 13.6. The Morgan fingerprint density at radius 2 is 2.15 bits per heavy atom. The van der Waals surface area contributed by atoms with Crippen molar-refractivity contribution in [1.29, 1.82) is 0 Å². The van der Waals surface area contributed by atoms with Crippen molar-refractivity contribution in [1.82, 2.24) is 5.32 Å². The third-order valence-electron chi connectivity index (χ3n) is 3.12. The van der Waals surface area contributed by atoms with Crippen molar-refractivity contribution >= 4 is 24.2 Å². The lowest BCUT2D eigenvalue weighted by atomic mass is 9.80. The van der Waals surface area contributed by atoms with Crippen LogP contribution in [0.15, 0.2) is 18.2 Å². The van der Waals surface area contributed by atoms with Crippen molar-refractivity contribution in [3.63, 3.8) is 0 Å². The minimum absolute atomic E-state index is 0. The summed E-state index contributed by atoms with van der Waals surface area (Å²) in [5.41, 5.74) is -0.607. The second-order valence-corrected chi connectivity index (χ2v) is 5.10. The summed E-state index contributed by atoms with van der Waals surface area (Å²) in [4.78, 5) is 21.7. The average molecular weight is 305 g/mol. The van der Waals surface area contributed by atoms with Gasteiger partial charge in [0.05, 0.1) is 22.6 Å². The van der Waals surface area contributed by atoms with Crippen molar-refractivity contribution in [3.8, 4) is 0 Å². The van der Waals surface area contributed by atoms with Gasteiger partial charge in [-0.1, -0.05) is 13.8 Å². The van der Waals surface area contributed by atoms with Gasteiger partial charge in [-0.3, -0.25) is 10.1 Å². The molecule has 0 bridgehead atoms. The number of nitro benzene ring substituents is 1. The molecular weight excluding hydrogens is 291 g/mol. The quantitative estimate of drug-likeness (QED) is 0.672. The first-order chi connectivity index (χ1) is 8.81. The molecule has 1 atom stereocenters. The van der Waals surface area contributed by atoms with Crippen LogP contribution in [0.1, 0.15) is 25.5 Å². The van der Waals surface area contributed by atoms with E-state index < -0.39 is 28.3 Å². The van der Waals surface area contributed by atoms with E-state index in [0.29, 0.717) is 0 Å². The van der Waals surface area contributed by atoms with Crippen molar-refractivity contribution in [2.45, 2.75) is 19.9 Å². The van der Waals surface area contributed by atoms with Crippen LogP contribution >= 0.6 is 12.4 Å². The van der Waals surface area contributed by atoms with Crippen LogP contribution < -0.4 is 5.32 Å². The number of benzene rings is 1. The summed E-state index contributed by atoms with van der Waals surface area (Å²) < 4.78 is 18.0. The molecule has 2 rings (SSSR count). The second kappa shape index (κ2) is 5.62. The standard InChI is InChI=1S/C12H13FN2O4.ClH/c1-12(2)6-19-11(16)14-10(12)8-4-3-7(13)5-9(8)15(17)18;/h3-5,10H,6H2,1-2H3,(H,14,16);1H/t10-;/m1./s1. The lowest BCUT2D eigenvalue weighted by molar-refractivity contribution is -0.386. The van der Waals surface area contributed by atoms with Crippen molar-refractivity contribution in [3.05, 3.63) is 39.7 Å². The fourth-order valence-corrected chi connectivity index (χ4v) is 2.11. The summed E-state index contributed by atoms with van der Waals surface area (Å²) in [5.74, 6) is -0.688. The minimum atomic E-state index is -0.688. The van der Waals surface area contributed by atoms with Crippen LogP contribution in [-0.2, 0) is 4.74 Å². The first kappa shape index (κ1) is 16.2. The molecule has 1 aliphatic heterocycles. The Morgan fingerprint density at radius 1 is 1.50 bits per heavy atom. The van der Waals surface area contributed by atoms with Crippen LogP contribution in [-0.4, -0.2) is 17.6 Å². The number of nitrogens with zero attached hydrogens (tertiary/aromatic N) is 1. The molecule has 20 heavy (non-hydrogen) atoms. The lowest BCUT2D eigenvalue weighted by Gasteiger charge is -2.38. The molecule has 110 valence electrons.